The number of carbonyl (C=O) groups excluding carboxylic acids is 1. The minimum absolute atomic E-state index is 0.0466. The normalized spacial score (nSPS) is 13.9. The number of halogens is 3. The molecule has 1 heterocycles. The molecule has 2 N–H and O–H groups in total. The van der Waals surface area contributed by atoms with Gasteiger partial charge in [-0.25, -0.2) is 8.78 Å². The molecule has 0 aliphatic rings. The van der Waals surface area contributed by atoms with Crippen molar-refractivity contribution in [3.63, 3.8) is 0 Å². The molecule has 0 unspecified atom stereocenters. The van der Waals surface area contributed by atoms with E-state index >= 15 is 4.39 Å². The lowest BCUT2D eigenvalue weighted by Gasteiger charge is -2.39. The van der Waals surface area contributed by atoms with Crippen molar-refractivity contribution in [1.29, 1.82) is 0 Å². The summed E-state index contributed by atoms with van der Waals surface area (Å²) in [6.07, 6.45) is 0. The maximum Gasteiger partial charge on any atom is 0.314 e. The summed E-state index contributed by atoms with van der Waals surface area (Å²) in [4.78, 5) is 25.8. The van der Waals surface area contributed by atoms with Gasteiger partial charge in [-0.1, -0.05) is 32.4 Å². The van der Waals surface area contributed by atoms with E-state index in [4.69, 9.17) is 11.6 Å². The van der Waals surface area contributed by atoms with Gasteiger partial charge in [0.15, 0.2) is 11.6 Å². The van der Waals surface area contributed by atoms with E-state index in [-0.39, 0.29) is 32.7 Å². The quantitative estimate of drug-likeness (QED) is 0.540. The summed E-state index contributed by atoms with van der Waals surface area (Å²) in [6, 6.07) is 5.94. The van der Waals surface area contributed by atoms with Crippen molar-refractivity contribution in [1.82, 2.24) is 4.57 Å². The van der Waals surface area contributed by atoms with Crippen molar-refractivity contribution in [2.24, 2.45) is 5.41 Å². The zero-order chi connectivity index (χ0) is 23.5. The number of hydrogen-bond acceptors (Lipinski definition) is 3. The van der Waals surface area contributed by atoms with Gasteiger partial charge in [-0.2, -0.15) is 0 Å². The van der Waals surface area contributed by atoms with E-state index in [1.54, 1.807) is 20.8 Å². The van der Waals surface area contributed by atoms with Gasteiger partial charge < -0.3 is 10.2 Å². The first-order chi connectivity index (χ1) is 14.2. The van der Waals surface area contributed by atoms with Crippen LogP contribution in [0, 0.1) is 24.0 Å². The fourth-order valence-corrected chi connectivity index (χ4v) is 4.00. The molecule has 3 aromatic rings. The highest BCUT2D eigenvalue weighted by atomic mass is 35.5. The van der Waals surface area contributed by atoms with Gasteiger partial charge in [0, 0.05) is 22.2 Å². The van der Waals surface area contributed by atoms with Crippen LogP contribution in [0.1, 0.15) is 49.3 Å². The van der Waals surface area contributed by atoms with Crippen LogP contribution in [0.3, 0.4) is 0 Å². The number of rotatable bonds is 3. The molecule has 3 rings (SSSR count). The Balaban J connectivity index is 2.47. The number of carboxylic acid groups (broad SMARTS) is 1. The maximum absolute atomic E-state index is 15.2. The lowest BCUT2D eigenvalue weighted by atomic mass is 9.63. The van der Waals surface area contributed by atoms with Crippen molar-refractivity contribution in [2.75, 3.05) is 0 Å². The molecule has 0 fully saturated rings. The van der Waals surface area contributed by atoms with Gasteiger partial charge in [0.2, 0.25) is 0 Å². The lowest BCUT2D eigenvalue weighted by molar-refractivity contribution is -0.147. The number of carbonyl (C=O) groups is 2. The molecule has 0 aliphatic carbocycles. The SMILES string of the molecule is Cc1c([C@](C)(C(=O)O)C(C)(C)C)c2c(F)c(O)ccc2n1C(=O)c1ccc(Cl)c(F)c1. The van der Waals surface area contributed by atoms with Crippen molar-refractivity contribution in [3.05, 3.63) is 63.8 Å². The Labute approximate surface area is 182 Å². The van der Waals surface area contributed by atoms with E-state index in [1.165, 1.54) is 32.0 Å². The molecule has 0 aliphatic heterocycles. The monoisotopic (exact) mass is 449 g/mol. The van der Waals surface area contributed by atoms with Crippen LogP contribution in [0.15, 0.2) is 30.3 Å². The molecular weight excluding hydrogens is 428 g/mol. The lowest BCUT2D eigenvalue weighted by Crippen LogP contribution is -2.45. The second-order valence-electron chi connectivity index (χ2n) is 8.70. The highest BCUT2D eigenvalue weighted by Crippen LogP contribution is 2.48. The molecule has 31 heavy (non-hydrogen) atoms. The highest BCUT2D eigenvalue weighted by molar-refractivity contribution is 6.30. The van der Waals surface area contributed by atoms with Gasteiger partial charge in [0.05, 0.1) is 16.0 Å². The first-order valence-electron chi connectivity index (χ1n) is 9.49. The highest BCUT2D eigenvalue weighted by Gasteiger charge is 2.49. The topological polar surface area (TPSA) is 79.5 Å². The van der Waals surface area contributed by atoms with Crippen LogP contribution in [0.25, 0.3) is 10.9 Å². The standard InChI is InChI=1S/C23H22ClF2NO4/c1-11-18(23(5,21(30)31)22(2,3)4)17-15(8-9-16(28)19(17)26)27(11)20(29)12-6-7-13(24)14(25)10-12/h6-10,28H,1-5H3,(H,30,31)/t23-/m1/s1. The fourth-order valence-electron chi connectivity index (χ4n) is 3.89. The second kappa shape index (κ2) is 7.34. The fraction of sp³-hybridized carbons (Fsp3) is 0.304. The minimum Gasteiger partial charge on any atom is -0.505 e. The summed E-state index contributed by atoms with van der Waals surface area (Å²) >= 11 is 5.71. The largest absolute Gasteiger partial charge is 0.505 e. The van der Waals surface area contributed by atoms with Crippen LogP contribution < -0.4 is 0 Å². The molecule has 0 saturated heterocycles. The van der Waals surface area contributed by atoms with Gasteiger partial charge in [-0.05, 0) is 49.6 Å². The number of fused-ring (bicyclic) bond motifs is 1. The van der Waals surface area contributed by atoms with Gasteiger partial charge in [0.1, 0.15) is 5.82 Å². The molecule has 0 amide bonds. The molecule has 0 saturated carbocycles. The Morgan fingerprint density at radius 1 is 1.06 bits per heavy atom. The molecule has 1 atom stereocenters. The van der Waals surface area contributed by atoms with Crippen LogP contribution in [-0.2, 0) is 10.2 Å². The zero-order valence-corrected chi connectivity index (χ0v) is 18.4. The summed E-state index contributed by atoms with van der Waals surface area (Å²) in [5.74, 6) is -4.39. The molecular formula is C23H22ClF2NO4. The number of aliphatic carboxylic acids is 1. The summed E-state index contributed by atoms with van der Waals surface area (Å²) in [5.41, 5.74) is -2.25. The van der Waals surface area contributed by atoms with Gasteiger partial charge in [-0.3, -0.25) is 14.2 Å². The number of nitrogens with zero attached hydrogens (tertiary/aromatic N) is 1. The third kappa shape index (κ3) is 3.28. The molecule has 0 spiro atoms. The summed E-state index contributed by atoms with van der Waals surface area (Å²) in [5, 5.41) is 19.8. The third-order valence-corrected chi connectivity index (χ3v) is 6.39. The number of phenolic OH excluding ortho intramolecular Hbond substituents is 1. The number of aromatic hydroxyl groups is 1. The van der Waals surface area contributed by atoms with Crippen molar-refractivity contribution in [3.8, 4) is 5.75 Å². The van der Waals surface area contributed by atoms with Gasteiger partial charge >= 0.3 is 5.97 Å². The van der Waals surface area contributed by atoms with Crippen LogP contribution in [0.4, 0.5) is 8.78 Å². The average Bonchev–Trinajstić information content (AvgIpc) is 2.97. The number of phenols is 1. The smallest absolute Gasteiger partial charge is 0.314 e. The first kappa shape index (κ1) is 22.7. The van der Waals surface area contributed by atoms with Crippen LogP contribution >= 0.6 is 11.6 Å². The third-order valence-electron chi connectivity index (χ3n) is 6.09. The molecule has 1 aromatic heterocycles. The number of benzene rings is 2. The average molecular weight is 450 g/mol. The first-order valence-corrected chi connectivity index (χ1v) is 9.87. The van der Waals surface area contributed by atoms with Crippen LogP contribution in [0.2, 0.25) is 5.02 Å². The van der Waals surface area contributed by atoms with E-state index in [0.717, 1.165) is 16.7 Å². The zero-order valence-electron chi connectivity index (χ0n) is 17.7. The van der Waals surface area contributed by atoms with Crippen molar-refractivity contribution in [2.45, 2.75) is 40.0 Å². The molecule has 0 bridgehead atoms. The van der Waals surface area contributed by atoms with E-state index in [0.29, 0.717) is 0 Å². The second-order valence-corrected chi connectivity index (χ2v) is 9.11. The van der Waals surface area contributed by atoms with Crippen molar-refractivity contribution >= 4 is 34.4 Å². The Kier molecular flexibility index (Phi) is 5.39. The van der Waals surface area contributed by atoms with E-state index in [2.05, 4.69) is 0 Å². The predicted molar refractivity (Wildman–Crippen MR) is 114 cm³/mol. The molecule has 164 valence electrons. The Morgan fingerprint density at radius 2 is 1.68 bits per heavy atom. The Hall–Kier alpha value is -2.93. The van der Waals surface area contributed by atoms with Crippen molar-refractivity contribution < 1.29 is 28.6 Å². The summed E-state index contributed by atoms with van der Waals surface area (Å²) in [7, 11) is 0. The number of hydrogen-bond donors (Lipinski definition) is 2. The predicted octanol–water partition coefficient (Wildman–Crippen LogP) is 5.66. The van der Waals surface area contributed by atoms with Gasteiger partial charge in [0.25, 0.3) is 5.91 Å². The van der Waals surface area contributed by atoms with Gasteiger partial charge in [-0.15, -0.1) is 0 Å². The maximum atomic E-state index is 15.2. The Bertz CT molecular complexity index is 1240. The molecule has 8 heteroatoms. The summed E-state index contributed by atoms with van der Waals surface area (Å²) < 4.78 is 30.3. The molecule has 5 nitrogen and oxygen atoms in total. The Morgan fingerprint density at radius 3 is 2.19 bits per heavy atom. The number of aromatic nitrogens is 1. The molecule has 2 aromatic carbocycles. The minimum atomic E-state index is -1.62. The van der Waals surface area contributed by atoms with E-state index in [1.807, 2.05) is 0 Å². The van der Waals surface area contributed by atoms with E-state index < -0.39 is 40.1 Å². The molecule has 0 radical (unpaired) electrons. The van der Waals surface area contributed by atoms with E-state index in [9.17, 15) is 24.2 Å². The summed E-state index contributed by atoms with van der Waals surface area (Å²) in [6.45, 7) is 8.04. The van der Waals surface area contributed by atoms with Crippen LogP contribution in [-0.4, -0.2) is 26.7 Å². The van der Waals surface area contributed by atoms with Crippen LogP contribution in [0.5, 0.6) is 5.75 Å². The number of carboxylic acids is 1.